The normalized spacial score (nSPS) is 13.5. The lowest BCUT2D eigenvalue weighted by molar-refractivity contribution is -0.432. The standard InChI is InChI=1S/C50H52N16O20S4/c67-43-39-29(21-37(87-85-83-73)41(43)63-61-33-9-3-1-7-27(33)25-81-71)19-31(89(75,76)77)23-35(39)53-47-55-45(57-49(69)59-47)51-11-5-13-65-15-17-66(18-16-65)14-6-12-52-46-56-48(60-50(70)58-46)54-36-24-32(90(78,79)80)20-30-22-38(88-86-84-74)42(44(68)40(30)36)64-62-34-10-4-2-8-28(34)26-82-72/h1-4,7-10,19-24,67-68,71-74H,5-6,11-18,25-26H2,(H,75,76,77)(H,78,79,80)(H3,51,53,55,57,59,69)(H3,52,54,56,58,60,70). The van der Waals surface area contributed by atoms with Crippen LogP contribution in [0.5, 0.6) is 11.5 Å². The number of nitrogens with zero attached hydrogens (tertiary/aromatic N) is 10. The lowest BCUT2D eigenvalue weighted by Gasteiger charge is -2.34. The summed E-state index contributed by atoms with van der Waals surface area (Å²) in [5.74, 6) is -1.92. The molecule has 90 heavy (non-hydrogen) atoms. The van der Waals surface area contributed by atoms with E-state index in [1.807, 2.05) is 0 Å². The highest BCUT2D eigenvalue weighted by atomic mass is 32.2. The van der Waals surface area contributed by atoms with Crippen LogP contribution in [-0.2, 0) is 62.0 Å². The molecule has 1 saturated heterocycles. The number of aromatic amines is 2. The zero-order valence-electron chi connectivity index (χ0n) is 46.2. The number of hydrogen-bond donors (Lipinski definition) is 14. The van der Waals surface area contributed by atoms with Crippen molar-refractivity contribution in [1.29, 1.82) is 0 Å². The molecule has 6 aromatic carbocycles. The van der Waals surface area contributed by atoms with Crippen LogP contribution in [-0.4, -0.2) is 149 Å². The maximum Gasteiger partial charge on any atom is 0.351 e. The van der Waals surface area contributed by atoms with Gasteiger partial charge in [0, 0.05) is 61.2 Å². The van der Waals surface area contributed by atoms with Crippen molar-refractivity contribution in [2.24, 2.45) is 20.5 Å². The van der Waals surface area contributed by atoms with Crippen molar-refractivity contribution in [3.05, 3.63) is 117 Å². The van der Waals surface area contributed by atoms with Crippen LogP contribution in [0.2, 0.25) is 0 Å². The van der Waals surface area contributed by atoms with Gasteiger partial charge in [-0.3, -0.25) is 29.6 Å². The van der Waals surface area contributed by atoms with E-state index in [1.165, 1.54) is 12.1 Å². The molecule has 476 valence electrons. The highest BCUT2D eigenvalue weighted by molar-refractivity contribution is 7.95. The largest absolute Gasteiger partial charge is 0.505 e. The summed E-state index contributed by atoms with van der Waals surface area (Å²) in [7, 11) is -9.77. The summed E-state index contributed by atoms with van der Waals surface area (Å²) in [5, 5.41) is 95.0. The van der Waals surface area contributed by atoms with Gasteiger partial charge in [0.15, 0.2) is 11.5 Å². The van der Waals surface area contributed by atoms with Gasteiger partial charge in [-0.15, -0.1) is 18.9 Å². The van der Waals surface area contributed by atoms with Gasteiger partial charge in [-0.2, -0.15) is 47.0 Å². The molecule has 0 aliphatic carbocycles. The van der Waals surface area contributed by atoms with Crippen LogP contribution in [0.25, 0.3) is 21.5 Å². The summed E-state index contributed by atoms with van der Waals surface area (Å²) in [5.41, 5.74) is -1.34. The quantitative estimate of drug-likeness (QED) is 0.00507. The van der Waals surface area contributed by atoms with Crippen molar-refractivity contribution in [2.75, 3.05) is 73.6 Å². The first kappa shape index (κ1) is 65.9. The van der Waals surface area contributed by atoms with Gasteiger partial charge >= 0.3 is 11.4 Å². The number of H-pyrrole nitrogens is 2. The molecule has 1 aliphatic rings. The molecular formula is C50H52N16O20S4. The molecule has 36 nitrogen and oxygen atoms in total. The Morgan fingerprint density at radius 3 is 1.33 bits per heavy atom. The van der Waals surface area contributed by atoms with E-state index in [1.54, 1.807) is 48.5 Å². The van der Waals surface area contributed by atoms with E-state index in [-0.39, 0.29) is 102 Å². The monoisotopic (exact) mass is 1320 g/mol. The molecular weight excluding hydrogens is 1270 g/mol. The lowest BCUT2D eigenvalue weighted by atomic mass is 10.1. The first-order chi connectivity index (χ1) is 43.3. The molecule has 0 bridgehead atoms. The van der Waals surface area contributed by atoms with Crippen molar-refractivity contribution in [3.8, 4) is 11.5 Å². The molecule has 1 aliphatic heterocycles. The highest BCUT2D eigenvalue weighted by Gasteiger charge is 2.25. The summed E-state index contributed by atoms with van der Waals surface area (Å²) >= 11 is 0.729. The molecule has 0 amide bonds. The van der Waals surface area contributed by atoms with Crippen LogP contribution in [0.4, 0.5) is 57.9 Å². The summed E-state index contributed by atoms with van der Waals surface area (Å²) in [6.45, 7) is 4.34. The number of fused-ring (bicyclic) bond motifs is 2. The predicted molar refractivity (Wildman–Crippen MR) is 319 cm³/mol. The number of aromatic nitrogens is 6. The molecule has 0 saturated carbocycles. The Hall–Kier alpha value is -8.50. The van der Waals surface area contributed by atoms with Gasteiger partial charge in [0.05, 0.1) is 66.4 Å². The molecule has 9 rings (SSSR count). The number of aromatic hydroxyl groups is 2. The number of piperazine rings is 1. The third-order valence-corrected chi connectivity index (χ3v) is 16.1. The van der Waals surface area contributed by atoms with Crippen LogP contribution in [0.15, 0.2) is 135 Å². The highest BCUT2D eigenvalue weighted by Crippen LogP contribution is 2.49. The maximum atomic E-state index is 12.8. The smallest absolute Gasteiger partial charge is 0.351 e. The van der Waals surface area contributed by atoms with E-state index in [4.69, 9.17) is 21.0 Å². The Morgan fingerprint density at radius 1 is 0.556 bits per heavy atom. The maximum absolute atomic E-state index is 12.8. The van der Waals surface area contributed by atoms with Crippen LogP contribution in [0.1, 0.15) is 24.0 Å². The molecule has 8 aromatic rings. The van der Waals surface area contributed by atoms with Crippen molar-refractivity contribution >= 4 is 124 Å². The third kappa shape index (κ3) is 17.1. The van der Waals surface area contributed by atoms with Crippen molar-refractivity contribution in [3.63, 3.8) is 0 Å². The van der Waals surface area contributed by atoms with E-state index >= 15 is 0 Å². The van der Waals surface area contributed by atoms with Gasteiger partial charge in [0.2, 0.25) is 23.8 Å². The van der Waals surface area contributed by atoms with E-state index in [0.717, 1.165) is 50.4 Å². The van der Waals surface area contributed by atoms with Gasteiger partial charge in [-0.25, -0.2) is 29.9 Å². The van der Waals surface area contributed by atoms with Gasteiger partial charge in [-0.1, -0.05) is 46.5 Å². The van der Waals surface area contributed by atoms with Crippen molar-refractivity contribution < 1.29 is 85.7 Å². The molecule has 0 atom stereocenters. The molecule has 0 radical (unpaired) electrons. The summed E-state index contributed by atoms with van der Waals surface area (Å²) < 4.78 is 79.3. The van der Waals surface area contributed by atoms with Gasteiger partial charge in [0.25, 0.3) is 20.2 Å². The van der Waals surface area contributed by atoms with E-state index < -0.39 is 52.9 Å². The minimum Gasteiger partial charge on any atom is -0.505 e. The zero-order valence-corrected chi connectivity index (χ0v) is 49.4. The number of rotatable bonds is 30. The Labute approximate surface area is 515 Å². The van der Waals surface area contributed by atoms with Crippen LogP contribution in [0.3, 0.4) is 0 Å². The number of phenolic OH excluding ortho intramolecular Hbond substituents is 2. The molecule has 14 N–H and O–H groups in total. The second-order valence-corrected chi connectivity index (χ2v) is 23.4. The van der Waals surface area contributed by atoms with Crippen molar-refractivity contribution in [2.45, 2.75) is 45.6 Å². The Balaban J connectivity index is 0.801. The van der Waals surface area contributed by atoms with Crippen molar-refractivity contribution in [1.82, 2.24) is 39.7 Å². The number of benzene rings is 6. The zero-order chi connectivity index (χ0) is 64.0. The molecule has 0 spiro atoms. The Bertz CT molecular complexity index is 4040. The Morgan fingerprint density at radius 2 is 0.956 bits per heavy atom. The average molecular weight is 1330 g/mol. The second-order valence-electron chi connectivity index (χ2n) is 19.0. The van der Waals surface area contributed by atoms with Gasteiger partial charge in [0.1, 0.15) is 24.6 Å². The van der Waals surface area contributed by atoms with Crippen LogP contribution >= 0.6 is 24.1 Å². The minimum atomic E-state index is -4.89. The third-order valence-electron chi connectivity index (χ3n) is 13.2. The number of azo groups is 2. The first-order valence-corrected chi connectivity index (χ1v) is 30.6. The fraction of sp³-hybridized carbons (Fsp3) is 0.240. The molecule has 2 aromatic heterocycles. The summed E-state index contributed by atoms with van der Waals surface area (Å²) in [6, 6.07) is 19.5. The number of nitrogens with one attached hydrogen (secondary N) is 6. The summed E-state index contributed by atoms with van der Waals surface area (Å²) in [6.07, 6.45) is 1.19. The minimum absolute atomic E-state index is 0.0152. The van der Waals surface area contributed by atoms with E-state index in [0.29, 0.717) is 74.2 Å². The number of hydrogen-bond acceptors (Lipinski definition) is 34. The number of anilines is 6. The fourth-order valence-electron chi connectivity index (χ4n) is 9.19. The van der Waals surface area contributed by atoms with Gasteiger partial charge < -0.3 is 41.3 Å². The molecule has 0 unspecified atom stereocenters. The van der Waals surface area contributed by atoms with Crippen LogP contribution in [0, 0.1) is 0 Å². The molecule has 40 heteroatoms. The summed E-state index contributed by atoms with van der Waals surface area (Å²) in [4.78, 5) is 58.6. The fourth-order valence-corrected chi connectivity index (χ4v) is 11.3. The lowest BCUT2D eigenvalue weighted by Crippen LogP contribution is -2.47. The topological polar surface area (TPSA) is 507 Å². The predicted octanol–water partition coefficient (Wildman–Crippen LogP) is 7.93. The molecule has 3 heterocycles. The Kier molecular flexibility index (Phi) is 22.2. The second kappa shape index (κ2) is 30.3. The SMILES string of the molecule is O=c1nc(NCCCN2CCN(CCCNc3nc(Nc4cc(S(=O)(=O)O)cc5cc(SOOO)c(N=Nc6ccccc6COO)c(O)c45)[nH]c(=O)n3)CC2)nc(Nc2cc(S(=O)(=O)O)cc3cc(SOOO)c(N=Nc4ccccc4COO)c(O)c23)[nH]1. The number of phenols is 2. The van der Waals surface area contributed by atoms with E-state index in [9.17, 15) is 45.7 Å². The van der Waals surface area contributed by atoms with E-state index in [2.05, 4.69) is 110 Å². The average Bonchev–Trinajstić information content (AvgIpc) is 0.799. The molecule has 1 fully saturated rings. The van der Waals surface area contributed by atoms with Gasteiger partial charge in [-0.05, 0) is 85.2 Å². The first-order valence-electron chi connectivity index (χ1n) is 26.2. The van der Waals surface area contributed by atoms with Crippen LogP contribution < -0.4 is 32.6 Å².